The summed E-state index contributed by atoms with van der Waals surface area (Å²) in [5.74, 6) is -1.21. The highest BCUT2D eigenvalue weighted by atomic mass is 35.5. The molecule has 6 heteroatoms. The van der Waals surface area contributed by atoms with Gasteiger partial charge in [0.05, 0.1) is 16.3 Å². The monoisotopic (exact) mass is 302 g/mol. The minimum atomic E-state index is -0.609. The highest BCUT2D eigenvalue weighted by Gasteiger charge is 2.37. The lowest BCUT2D eigenvalue weighted by Crippen LogP contribution is -2.34. The van der Waals surface area contributed by atoms with E-state index in [0.29, 0.717) is 12.2 Å². The molecule has 1 aromatic heterocycles. The summed E-state index contributed by atoms with van der Waals surface area (Å²) in [5.41, 5.74) is 0.591. The van der Waals surface area contributed by atoms with Gasteiger partial charge in [-0.05, 0) is 18.2 Å². The molecule has 0 bridgehead atoms. The second kappa shape index (κ2) is 5.18. The van der Waals surface area contributed by atoms with Gasteiger partial charge in [-0.3, -0.25) is 14.4 Å². The normalized spacial score (nSPS) is 13.7. The van der Waals surface area contributed by atoms with E-state index in [0.717, 1.165) is 0 Å². The Hall–Kier alpha value is -2.40. The summed E-state index contributed by atoms with van der Waals surface area (Å²) >= 11 is 5.98. The van der Waals surface area contributed by atoms with Crippen molar-refractivity contribution in [3.8, 4) is 0 Å². The van der Waals surface area contributed by atoms with Crippen LogP contribution < -0.4 is 10.5 Å². The lowest BCUT2D eigenvalue weighted by Gasteiger charge is -2.17. The van der Waals surface area contributed by atoms with Gasteiger partial charge in [-0.2, -0.15) is 0 Å². The van der Waals surface area contributed by atoms with E-state index in [1.54, 1.807) is 36.5 Å². The van der Waals surface area contributed by atoms with Crippen molar-refractivity contribution in [1.82, 2.24) is 4.57 Å². The molecule has 1 aliphatic heterocycles. The van der Waals surface area contributed by atoms with Crippen LogP contribution in [0.1, 0.15) is 10.4 Å². The molecule has 1 amide bonds. The van der Waals surface area contributed by atoms with Crippen LogP contribution in [0.2, 0.25) is 5.02 Å². The van der Waals surface area contributed by atoms with Crippen LogP contribution in [0, 0.1) is 0 Å². The topological polar surface area (TPSA) is 59.4 Å². The van der Waals surface area contributed by atoms with Crippen molar-refractivity contribution in [2.45, 2.75) is 6.54 Å². The molecule has 0 atom stereocenters. The number of Topliss-reactive ketones (excluding diaryl/α,β-unsaturated/α-hetero) is 1. The number of benzene rings is 1. The smallest absolute Gasteiger partial charge is 0.299 e. The maximum Gasteiger partial charge on any atom is 0.299 e. The van der Waals surface area contributed by atoms with E-state index in [4.69, 9.17) is 11.6 Å². The van der Waals surface area contributed by atoms with Crippen molar-refractivity contribution in [1.29, 1.82) is 0 Å². The maximum atomic E-state index is 12.1. The standard InChI is InChI=1S/C15H11ClN2O3/c16-10-4-3-5-11-13(10)14(20)15(21)18(11)9-8-17-7-2-1-6-12(17)19/h1-7H,8-9H2. The van der Waals surface area contributed by atoms with Crippen LogP contribution in [0.25, 0.3) is 0 Å². The lowest BCUT2D eigenvalue weighted by atomic mass is 10.1. The first-order valence-corrected chi connectivity index (χ1v) is 6.77. The summed E-state index contributed by atoms with van der Waals surface area (Å²) in [5, 5.41) is 0.269. The minimum Gasteiger partial charge on any atom is -0.314 e. The number of carbonyl (C=O) groups is 2. The molecule has 2 heterocycles. The van der Waals surface area contributed by atoms with Crippen LogP contribution >= 0.6 is 11.6 Å². The molecule has 2 aromatic rings. The van der Waals surface area contributed by atoms with Gasteiger partial charge in [0.25, 0.3) is 17.2 Å². The van der Waals surface area contributed by atoms with E-state index in [9.17, 15) is 14.4 Å². The second-order valence-corrected chi connectivity index (χ2v) is 5.06. The number of rotatable bonds is 3. The highest BCUT2D eigenvalue weighted by molar-refractivity contribution is 6.55. The van der Waals surface area contributed by atoms with Crippen LogP contribution in [-0.2, 0) is 11.3 Å². The van der Waals surface area contributed by atoms with Crippen LogP contribution in [0.4, 0.5) is 5.69 Å². The Kier molecular flexibility index (Phi) is 3.35. The zero-order valence-electron chi connectivity index (χ0n) is 11.0. The fraction of sp³-hybridized carbons (Fsp3) is 0.133. The summed E-state index contributed by atoms with van der Waals surface area (Å²) in [6.07, 6.45) is 1.64. The van der Waals surface area contributed by atoms with Crippen molar-refractivity contribution >= 4 is 29.0 Å². The van der Waals surface area contributed by atoms with Gasteiger partial charge >= 0.3 is 0 Å². The second-order valence-electron chi connectivity index (χ2n) is 4.65. The molecule has 1 aliphatic rings. The number of hydrogen-bond acceptors (Lipinski definition) is 3. The molecule has 0 aliphatic carbocycles. The lowest BCUT2D eigenvalue weighted by molar-refractivity contribution is -0.114. The number of ketones is 1. The van der Waals surface area contributed by atoms with E-state index in [1.165, 1.54) is 15.5 Å². The van der Waals surface area contributed by atoms with Crippen molar-refractivity contribution in [2.75, 3.05) is 11.4 Å². The SMILES string of the molecule is O=C1C(=O)N(CCn2ccccc2=O)c2cccc(Cl)c21. The molecule has 0 unspecified atom stereocenters. The highest BCUT2D eigenvalue weighted by Crippen LogP contribution is 2.33. The first kappa shape index (κ1) is 13.6. The maximum absolute atomic E-state index is 12.1. The number of hydrogen-bond donors (Lipinski definition) is 0. The third-order valence-corrected chi connectivity index (χ3v) is 3.73. The van der Waals surface area contributed by atoms with Gasteiger partial charge in [0.1, 0.15) is 0 Å². The van der Waals surface area contributed by atoms with Gasteiger partial charge < -0.3 is 9.47 Å². The van der Waals surface area contributed by atoms with Crippen LogP contribution in [-0.4, -0.2) is 22.8 Å². The quantitative estimate of drug-likeness (QED) is 0.811. The number of nitrogens with zero attached hydrogens (tertiary/aromatic N) is 2. The average Bonchev–Trinajstić information content (AvgIpc) is 2.72. The molecule has 0 N–H and O–H groups in total. The summed E-state index contributed by atoms with van der Waals surface area (Å²) in [4.78, 5) is 37.0. The Bertz CT molecular complexity index is 798. The number of amides is 1. The molecule has 1 aromatic carbocycles. The van der Waals surface area contributed by atoms with Gasteiger partial charge in [-0.15, -0.1) is 0 Å². The molecule has 5 nitrogen and oxygen atoms in total. The largest absolute Gasteiger partial charge is 0.314 e. The van der Waals surface area contributed by atoms with Gasteiger partial charge in [0.15, 0.2) is 0 Å². The van der Waals surface area contributed by atoms with Crippen molar-refractivity contribution < 1.29 is 9.59 Å². The van der Waals surface area contributed by atoms with Gasteiger partial charge in [-0.1, -0.05) is 23.7 Å². The van der Waals surface area contributed by atoms with Crippen molar-refractivity contribution in [2.24, 2.45) is 0 Å². The molecule has 21 heavy (non-hydrogen) atoms. The van der Waals surface area contributed by atoms with Crippen molar-refractivity contribution in [3.63, 3.8) is 0 Å². The van der Waals surface area contributed by atoms with E-state index >= 15 is 0 Å². The fourth-order valence-electron chi connectivity index (χ4n) is 2.38. The van der Waals surface area contributed by atoms with Gasteiger partial charge in [0, 0.05) is 25.4 Å². The zero-order chi connectivity index (χ0) is 15.0. The first-order valence-electron chi connectivity index (χ1n) is 6.40. The molecule has 0 spiro atoms. The Balaban J connectivity index is 1.89. The predicted molar refractivity (Wildman–Crippen MR) is 78.8 cm³/mol. The van der Waals surface area contributed by atoms with E-state index < -0.39 is 11.7 Å². The first-order chi connectivity index (χ1) is 10.1. The molecular weight excluding hydrogens is 292 g/mol. The van der Waals surface area contributed by atoms with Crippen LogP contribution in [0.3, 0.4) is 0 Å². The molecule has 0 fully saturated rings. The Morgan fingerprint density at radius 2 is 1.76 bits per heavy atom. The third kappa shape index (κ3) is 2.25. The summed E-state index contributed by atoms with van der Waals surface area (Å²) in [7, 11) is 0. The van der Waals surface area contributed by atoms with E-state index in [1.807, 2.05) is 0 Å². The van der Waals surface area contributed by atoms with E-state index in [2.05, 4.69) is 0 Å². The molecule has 0 saturated carbocycles. The Morgan fingerprint density at radius 3 is 2.52 bits per heavy atom. The van der Waals surface area contributed by atoms with Crippen LogP contribution in [0.5, 0.6) is 0 Å². The molecule has 0 radical (unpaired) electrons. The van der Waals surface area contributed by atoms with Gasteiger partial charge in [-0.25, -0.2) is 0 Å². The zero-order valence-corrected chi connectivity index (χ0v) is 11.7. The van der Waals surface area contributed by atoms with E-state index in [-0.39, 0.29) is 22.7 Å². The Labute approximate surface area is 125 Å². The van der Waals surface area contributed by atoms with Gasteiger partial charge in [0.2, 0.25) is 0 Å². The summed E-state index contributed by atoms with van der Waals surface area (Å²) in [6, 6.07) is 9.78. The fourth-order valence-corrected chi connectivity index (χ4v) is 2.63. The predicted octanol–water partition coefficient (Wildman–Crippen LogP) is 1.73. The number of aromatic nitrogens is 1. The van der Waals surface area contributed by atoms with Crippen LogP contribution in [0.15, 0.2) is 47.4 Å². The molecule has 0 saturated heterocycles. The summed E-state index contributed by atoms with van der Waals surface area (Å²) < 4.78 is 1.49. The minimum absolute atomic E-state index is 0.151. The molecule has 3 rings (SSSR count). The number of halogens is 1. The summed E-state index contributed by atoms with van der Waals surface area (Å²) in [6.45, 7) is 0.548. The number of fused-ring (bicyclic) bond motifs is 1. The van der Waals surface area contributed by atoms with Crippen molar-refractivity contribution in [3.05, 3.63) is 63.5 Å². The third-order valence-electron chi connectivity index (χ3n) is 3.41. The molecular formula is C15H11ClN2O3. The Morgan fingerprint density at radius 1 is 0.952 bits per heavy atom. The molecule has 106 valence electrons. The number of anilines is 1. The number of carbonyl (C=O) groups excluding carboxylic acids is 2. The number of pyridine rings is 1. The average molecular weight is 303 g/mol.